The Morgan fingerprint density at radius 1 is 1.19 bits per heavy atom. The van der Waals surface area contributed by atoms with Crippen LogP contribution < -0.4 is 11.5 Å². The molecule has 1 aromatic carbocycles. The zero-order valence-corrected chi connectivity index (χ0v) is 8.86. The number of carbonyl (C=O) groups excluding carboxylic acids is 1. The third kappa shape index (κ3) is 1.65. The van der Waals surface area contributed by atoms with E-state index in [-0.39, 0.29) is 5.78 Å². The Morgan fingerprint density at radius 2 is 1.94 bits per heavy atom. The Balaban J connectivity index is 2.54. The summed E-state index contributed by atoms with van der Waals surface area (Å²) < 4.78 is 5.13. The second-order valence-corrected chi connectivity index (χ2v) is 3.56. The van der Waals surface area contributed by atoms with Crippen LogP contribution in [0.5, 0.6) is 0 Å². The van der Waals surface area contributed by atoms with Gasteiger partial charge in [-0.3, -0.25) is 4.79 Å². The summed E-state index contributed by atoms with van der Waals surface area (Å²) in [6.45, 7) is 1.46. The molecule has 0 aliphatic carbocycles. The van der Waals surface area contributed by atoms with Crippen LogP contribution >= 0.6 is 0 Å². The third-order valence-electron chi connectivity index (χ3n) is 2.38. The quantitative estimate of drug-likeness (QED) is 0.596. The fraction of sp³-hybridized carbons (Fsp3) is 0.0833. The molecule has 0 radical (unpaired) electrons. The number of nitrogen functional groups attached to an aromatic ring is 2. The molecule has 0 saturated heterocycles. The van der Waals surface area contributed by atoms with Gasteiger partial charge in [-0.25, -0.2) is 0 Å². The summed E-state index contributed by atoms with van der Waals surface area (Å²) >= 11 is 0. The van der Waals surface area contributed by atoms with Crippen molar-refractivity contribution in [3.05, 3.63) is 36.3 Å². The van der Waals surface area contributed by atoms with E-state index in [9.17, 15) is 4.79 Å². The van der Waals surface area contributed by atoms with E-state index in [2.05, 4.69) is 0 Å². The first-order valence-electron chi connectivity index (χ1n) is 4.83. The van der Waals surface area contributed by atoms with Crippen molar-refractivity contribution in [3.63, 3.8) is 0 Å². The summed E-state index contributed by atoms with van der Waals surface area (Å²) in [6, 6.07) is 6.99. The highest BCUT2D eigenvalue weighted by molar-refractivity contribution is 5.98. The Morgan fingerprint density at radius 3 is 2.56 bits per heavy atom. The first-order valence-corrected chi connectivity index (χ1v) is 4.83. The fourth-order valence-corrected chi connectivity index (χ4v) is 1.55. The van der Waals surface area contributed by atoms with Gasteiger partial charge in [0.15, 0.2) is 11.5 Å². The number of benzene rings is 1. The lowest BCUT2D eigenvalue weighted by atomic mass is 10.0. The van der Waals surface area contributed by atoms with Gasteiger partial charge in [-0.15, -0.1) is 0 Å². The topological polar surface area (TPSA) is 82.2 Å². The zero-order valence-electron chi connectivity index (χ0n) is 8.86. The number of Topliss-reactive ketones (excluding diaryl/α,β-unsaturated/α-hetero) is 1. The maximum absolute atomic E-state index is 11.3. The average Bonchev–Trinajstić information content (AvgIpc) is 2.71. The number of rotatable bonds is 2. The van der Waals surface area contributed by atoms with E-state index in [1.54, 1.807) is 18.2 Å². The Bertz CT molecular complexity index is 544. The molecule has 0 spiro atoms. The van der Waals surface area contributed by atoms with Crippen LogP contribution in [0.25, 0.3) is 11.1 Å². The molecule has 0 saturated carbocycles. The molecule has 4 heteroatoms. The lowest BCUT2D eigenvalue weighted by Crippen LogP contribution is -1.96. The maximum atomic E-state index is 11.3. The number of anilines is 2. The van der Waals surface area contributed by atoms with E-state index >= 15 is 0 Å². The van der Waals surface area contributed by atoms with Gasteiger partial charge in [-0.1, -0.05) is 6.07 Å². The number of hydrogen-bond acceptors (Lipinski definition) is 4. The van der Waals surface area contributed by atoms with E-state index in [0.717, 1.165) is 11.1 Å². The van der Waals surface area contributed by atoms with Crippen LogP contribution in [0.1, 0.15) is 17.5 Å². The lowest BCUT2D eigenvalue weighted by molar-refractivity contribution is 0.0988. The average molecular weight is 216 g/mol. The van der Waals surface area contributed by atoms with Gasteiger partial charge in [0.25, 0.3) is 0 Å². The Hall–Kier alpha value is -2.23. The zero-order chi connectivity index (χ0) is 11.7. The molecule has 82 valence electrons. The van der Waals surface area contributed by atoms with Crippen LogP contribution in [0.4, 0.5) is 11.4 Å². The first-order chi connectivity index (χ1) is 7.59. The third-order valence-corrected chi connectivity index (χ3v) is 2.38. The second-order valence-electron chi connectivity index (χ2n) is 3.56. The van der Waals surface area contributed by atoms with Gasteiger partial charge in [0.05, 0.1) is 17.6 Å². The molecule has 2 aromatic rings. The predicted octanol–water partition coefficient (Wildman–Crippen LogP) is 2.31. The van der Waals surface area contributed by atoms with Crippen molar-refractivity contribution >= 4 is 17.2 Å². The van der Waals surface area contributed by atoms with Gasteiger partial charge in [-0.05, 0) is 23.8 Å². The molecule has 0 unspecified atom stereocenters. The SMILES string of the molecule is CC(=O)c1occc1-c1ccc(N)c(N)c1. The van der Waals surface area contributed by atoms with Crippen LogP contribution in [0.3, 0.4) is 0 Å². The molecular weight excluding hydrogens is 204 g/mol. The molecule has 4 N–H and O–H groups in total. The van der Waals surface area contributed by atoms with Crippen molar-refractivity contribution in [1.29, 1.82) is 0 Å². The van der Waals surface area contributed by atoms with Gasteiger partial charge < -0.3 is 15.9 Å². The summed E-state index contributed by atoms with van der Waals surface area (Å²) in [4.78, 5) is 11.3. The Kier molecular flexibility index (Phi) is 2.40. The largest absolute Gasteiger partial charge is 0.461 e. The molecule has 0 bridgehead atoms. The highest BCUT2D eigenvalue weighted by Crippen LogP contribution is 2.28. The minimum absolute atomic E-state index is 0.115. The number of hydrogen-bond donors (Lipinski definition) is 2. The van der Waals surface area contributed by atoms with Gasteiger partial charge in [0, 0.05) is 12.5 Å². The molecule has 0 aliphatic rings. The van der Waals surface area contributed by atoms with E-state index in [1.807, 2.05) is 6.07 Å². The van der Waals surface area contributed by atoms with Crippen molar-refractivity contribution in [2.45, 2.75) is 6.92 Å². The molecule has 0 fully saturated rings. The summed E-state index contributed by atoms with van der Waals surface area (Å²) in [5, 5.41) is 0. The summed E-state index contributed by atoms with van der Waals surface area (Å²) in [6.07, 6.45) is 1.48. The molecule has 2 rings (SSSR count). The monoisotopic (exact) mass is 216 g/mol. The van der Waals surface area contributed by atoms with E-state index in [1.165, 1.54) is 13.2 Å². The van der Waals surface area contributed by atoms with Crippen molar-refractivity contribution in [2.24, 2.45) is 0 Å². The molecule has 1 aromatic heterocycles. The van der Waals surface area contributed by atoms with Crippen molar-refractivity contribution in [2.75, 3.05) is 11.5 Å². The smallest absolute Gasteiger partial charge is 0.195 e. The number of ketones is 1. The van der Waals surface area contributed by atoms with Crippen molar-refractivity contribution in [1.82, 2.24) is 0 Å². The van der Waals surface area contributed by atoms with Crippen LogP contribution in [-0.4, -0.2) is 5.78 Å². The molecule has 0 atom stereocenters. The summed E-state index contributed by atoms with van der Waals surface area (Å²) in [5.74, 6) is 0.222. The van der Waals surface area contributed by atoms with E-state index < -0.39 is 0 Å². The van der Waals surface area contributed by atoms with Crippen molar-refractivity contribution < 1.29 is 9.21 Å². The minimum Gasteiger partial charge on any atom is -0.461 e. The summed E-state index contributed by atoms with van der Waals surface area (Å²) in [7, 11) is 0. The first kappa shape index (κ1) is 10.3. The number of nitrogens with two attached hydrogens (primary N) is 2. The minimum atomic E-state index is -0.115. The lowest BCUT2D eigenvalue weighted by Gasteiger charge is -2.04. The van der Waals surface area contributed by atoms with Gasteiger partial charge in [-0.2, -0.15) is 0 Å². The van der Waals surface area contributed by atoms with Crippen LogP contribution in [0, 0.1) is 0 Å². The second kappa shape index (κ2) is 3.73. The van der Waals surface area contributed by atoms with E-state index in [0.29, 0.717) is 17.1 Å². The standard InChI is InChI=1S/C12H12N2O2/c1-7(15)12-9(4-5-16-12)8-2-3-10(13)11(14)6-8/h2-6H,13-14H2,1H3. The molecule has 1 heterocycles. The van der Waals surface area contributed by atoms with Gasteiger partial charge in [0.1, 0.15) is 0 Å². The fourth-order valence-electron chi connectivity index (χ4n) is 1.55. The highest BCUT2D eigenvalue weighted by atomic mass is 16.3. The molecule has 0 aliphatic heterocycles. The maximum Gasteiger partial charge on any atom is 0.195 e. The predicted molar refractivity (Wildman–Crippen MR) is 63.0 cm³/mol. The summed E-state index contributed by atoms with van der Waals surface area (Å²) in [5.41, 5.74) is 13.9. The normalized spacial score (nSPS) is 10.3. The van der Waals surface area contributed by atoms with Gasteiger partial charge in [0.2, 0.25) is 0 Å². The van der Waals surface area contributed by atoms with Crippen LogP contribution in [0.2, 0.25) is 0 Å². The van der Waals surface area contributed by atoms with Crippen LogP contribution in [-0.2, 0) is 0 Å². The highest BCUT2D eigenvalue weighted by Gasteiger charge is 2.13. The van der Waals surface area contributed by atoms with Crippen molar-refractivity contribution in [3.8, 4) is 11.1 Å². The number of furan rings is 1. The molecule has 0 amide bonds. The molecular formula is C12H12N2O2. The Labute approximate surface area is 92.9 Å². The molecule has 16 heavy (non-hydrogen) atoms. The van der Waals surface area contributed by atoms with Gasteiger partial charge >= 0.3 is 0 Å². The van der Waals surface area contributed by atoms with E-state index in [4.69, 9.17) is 15.9 Å². The molecule has 4 nitrogen and oxygen atoms in total. The van der Waals surface area contributed by atoms with Crippen LogP contribution in [0.15, 0.2) is 34.9 Å². The number of carbonyl (C=O) groups is 1.